The first kappa shape index (κ1) is 12.5. The van der Waals surface area contributed by atoms with E-state index in [1.807, 2.05) is 0 Å². The van der Waals surface area contributed by atoms with Crippen LogP contribution in [0.3, 0.4) is 0 Å². The number of nitrogens with two attached hydrogens (primary N) is 2. The maximum atomic E-state index is 12.0. The van der Waals surface area contributed by atoms with E-state index in [2.05, 4.69) is 6.58 Å². The Bertz CT molecular complexity index is 312. The molecule has 1 saturated heterocycles. The third-order valence-electron chi connectivity index (χ3n) is 2.65. The van der Waals surface area contributed by atoms with Gasteiger partial charge in [-0.15, -0.1) is 0 Å². The van der Waals surface area contributed by atoms with Crippen molar-refractivity contribution in [2.45, 2.75) is 18.9 Å². The summed E-state index contributed by atoms with van der Waals surface area (Å²) in [6.07, 6.45) is 7.93. The standard InChI is InChI=1S/C12H19N3O/c1-2-3-10(4-7-13)12(16)15-8-5-11(14)6-9-15/h2-4,7,11H,1,5-6,8-9,13-14H2/b7-4-,10-3+. The second-order valence-electron chi connectivity index (χ2n) is 3.85. The Kier molecular flexibility index (Phi) is 4.79. The normalized spacial score (nSPS) is 19.1. The van der Waals surface area contributed by atoms with E-state index in [1.54, 1.807) is 23.1 Å². The van der Waals surface area contributed by atoms with E-state index in [1.165, 1.54) is 6.20 Å². The minimum absolute atomic E-state index is 0.00602. The van der Waals surface area contributed by atoms with Crippen molar-refractivity contribution in [1.29, 1.82) is 0 Å². The van der Waals surface area contributed by atoms with Crippen LogP contribution in [0.15, 0.2) is 36.6 Å². The number of nitrogens with zero attached hydrogens (tertiary/aromatic N) is 1. The van der Waals surface area contributed by atoms with E-state index < -0.39 is 0 Å². The molecule has 0 unspecified atom stereocenters. The van der Waals surface area contributed by atoms with Crippen LogP contribution in [0, 0.1) is 0 Å². The zero-order chi connectivity index (χ0) is 12.0. The van der Waals surface area contributed by atoms with Gasteiger partial charge < -0.3 is 16.4 Å². The first-order chi connectivity index (χ1) is 7.69. The lowest BCUT2D eigenvalue weighted by Crippen LogP contribution is -2.43. The van der Waals surface area contributed by atoms with Gasteiger partial charge in [0.1, 0.15) is 0 Å². The second-order valence-corrected chi connectivity index (χ2v) is 3.85. The van der Waals surface area contributed by atoms with E-state index in [-0.39, 0.29) is 11.9 Å². The maximum absolute atomic E-state index is 12.0. The molecule has 0 radical (unpaired) electrons. The molecule has 4 nitrogen and oxygen atoms in total. The van der Waals surface area contributed by atoms with E-state index >= 15 is 0 Å². The minimum atomic E-state index is -0.00602. The smallest absolute Gasteiger partial charge is 0.253 e. The molecule has 0 spiro atoms. The Morgan fingerprint density at radius 3 is 2.50 bits per heavy atom. The summed E-state index contributed by atoms with van der Waals surface area (Å²) >= 11 is 0. The molecule has 0 aromatic heterocycles. The van der Waals surface area contributed by atoms with Crippen molar-refractivity contribution in [3.05, 3.63) is 36.6 Å². The summed E-state index contributed by atoms with van der Waals surface area (Å²) in [4.78, 5) is 13.9. The average molecular weight is 221 g/mol. The largest absolute Gasteiger partial charge is 0.405 e. The maximum Gasteiger partial charge on any atom is 0.253 e. The molecule has 1 heterocycles. The average Bonchev–Trinajstić information content (AvgIpc) is 2.29. The number of allylic oxidation sites excluding steroid dienone is 2. The molecule has 4 heteroatoms. The van der Waals surface area contributed by atoms with Crippen molar-refractivity contribution in [3.63, 3.8) is 0 Å². The molecular formula is C12H19N3O. The lowest BCUT2D eigenvalue weighted by molar-refractivity contribution is -0.127. The van der Waals surface area contributed by atoms with E-state index in [4.69, 9.17) is 11.5 Å². The zero-order valence-corrected chi connectivity index (χ0v) is 9.43. The fraction of sp³-hybridized carbons (Fsp3) is 0.417. The fourth-order valence-electron chi connectivity index (χ4n) is 1.71. The molecule has 1 fully saturated rings. The van der Waals surface area contributed by atoms with Crippen molar-refractivity contribution in [2.75, 3.05) is 13.1 Å². The molecule has 0 bridgehead atoms. The zero-order valence-electron chi connectivity index (χ0n) is 9.43. The molecular weight excluding hydrogens is 202 g/mol. The highest BCUT2D eigenvalue weighted by molar-refractivity contribution is 5.96. The summed E-state index contributed by atoms with van der Waals surface area (Å²) in [5, 5.41) is 0. The van der Waals surface area contributed by atoms with Crippen LogP contribution in [-0.4, -0.2) is 29.9 Å². The molecule has 0 aliphatic carbocycles. The Morgan fingerprint density at radius 1 is 1.38 bits per heavy atom. The minimum Gasteiger partial charge on any atom is -0.405 e. The summed E-state index contributed by atoms with van der Waals surface area (Å²) in [5.74, 6) is -0.00602. The van der Waals surface area contributed by atoms with Crippen molar-refractivity contribution < 1.29 is 4.79 Å². The summed E-state index contributed by atoms with van der Waals surface area (Å²) in [6.45, 7) is 5.01. The molecule has 0 saturated carbocycles. The Balaban J connectivity index is 2.68. The van der Waals surface area contributed by atoms with Crippen LogP contribution in [0.5, 0.6) is 0 Å². The van der Waals surface area contributed by atoms with Crippen LogP contribution in [0.4, 0.5) is 0 Å². The van der Waals surface area contributed by atoms with Crippen LogP contribution < -0.4 is 11.5 Å². The monoisotopic (exact) mass is 221 g/mol. The Labute approximate surface area is 96.3 Å². The van der Waals surface area contributed by atoms with Crippen LogP contribution >= 0.6 is 0 Å². The SMILES string of the molecule is C=C/C=C(\C=C/N)C(=O)N1CCC(N)CC1. The first-order valence-electron chi connectivity index (χ1n) is 5.45. The van der Waals surface area contributed by atoms with Gasteiger partial charge in [0, 0.05) is 24.7 Å². The molecule has 4 N–H and O–H groups in total. The highest BCUT2D eigenvalue weighted by atomic mass is 16.2. The van der Waals surface area contributed by atoms with Gasteiger partial charge in [-0.2, -0.15) is 0 Å². The number of hydrogen-bond acceptors (Lipinski definition) is 3. The van der Waals surface area contributed by atoms with Gasteiger partial charge in [0.05, 0.1) is 0 Å². The molecule has 0 atom stereocenters. The van der Waals surface area contributed by atoms with Gasteiger partial charge in [-0.05, 0) is 31.2 Å². The molecule has 88 valence electrons. The van der Waals surface area contributed by atoms with Crippen LogP contribution in [0.25, 0.3) is 0 Å². The van der Waals surface area contributed by atoms with E-state index in [9.17, 15) is 4.79 Å². The number of carbonyl (C=O) groups excluding carboxylic acids is 1. The van der Waals surface area contributed by atoms with Crippen molar-refractivity contribution >= 4 is 5.91 Å². The topological polar surface area (TPSA) is 72.4 Å². The quantitative estimate of drug-likeness (QED) is 0.539. The number of carbonyl (C=O) groups is 1. The Morgan fingerprint density at radius 2 is 2.00 bits per heavy atom. The molecule has 1 amide bonds. The fourth-order valence-corrected chi connectivity index (χ4v) is 1.71. The number of hydrogen-bond donors (Lipinski definition) is 2. The van der Waals surface area contributed by atoms with Gasteiger partial charge in [-0.25, -0.2) is 0 Å². The lowest BCUT2D eigenvalue weighted by atomic mass is 10.0. The van der Waals surface area contributed by atoms with E-state index in [0.717, 1.165) is 12.8 Å². The summed E-state index contributed by atoms with van der Waals surface area (Å²) < 4.78 is 0. The van der Waals surface area contributed by atoms with Crippen molar-refractivity contribution in [2.24, 2.45) is 11.5 Å². The molecule has 1 aliphatic rings. The third kappa shape index (κ3) is 3.24. The van der Waals surface area contributed by atoms with Gasteiger partial charge in [0.15, 0.2) is 0 Å². The van der Waals surface area contributed by atoms with Gasteiger partial charge in [0.2, 0.25) is 0 Å². The van der Waals surface area contributed by atoms with Crippen LogP contribution in [0.2, 0.25) is 0 Å². The summed E-state index contributed by atoms with van der Waals surface area (Å²) in [7, 11) is 0. The highest BCUT2D eigenvalue weighted by Gasteiger charge is 2.21. The molecule has 1 aliphatic heterocycles. The summed E-state index contributed by atoms with van der Waals surface area (Å²) in [5.41, 5.74) is 11.7. The number of piperidine rings is 1. The number of amides is 1. The molecule has 16 heavy (non-hydrogen) atoms. The molecule has 1 rings (SSSR count). The van der Waals surface area contributed by atoms with Gasteiger partial charge >= 0.3 is 0 Å². The Hall–Kier alpha value is -1.55. The number of likely N-dealkylation sites (tertiary alicyclic amines) is 1. The van der Waals surface area contributed by atoms with Gasteiger partial charge in [-0.3, -0.25) is 4.79 Å². The number of rotatable bonds is 3. The van der Waals surface area contributed by atoms with Gasteiger partial charge in [0.25, 0.3) is 5.91 Å². The molecule has 0 aromatic carbocycles. The first-order valence-corrected chi connectivity index (χ1v) is 5.45. The third-order valence-corrected chi connectivity index (χ3v) is 2.65. The van der Waals surface area contributed by atoms with Crippen molar-refractivity contribution in [1.82, 2.24) is 4.90 Å². The lowest BCUT2D eigenvalue weighted by Gasteiger charge is -2.30. The second kappa shape index (κ2) is 6.12. The van der Waals surface area contributed by atoms with Crippen LogP contribution in [-0.2, 0) is 4.79 Å². The predicted octanol–water partition coefficient (Wildman–Crippen LogP) is 0.521. The summed E-state index contributed by atoms with van der Waals surface area (Å²) in [6, 6.07) is 0.223. The predicted molar refractivity (Wildman–Crippen MR) is 65.4 cm³/mol. The molecule has 0 aromatic rings. The van der Waals surface area contributed by atoms with Crippen molar-refractivity contribution in [3.8, 4) is 0 Å². The van der Waals surface area contributed by atoms with Gasteiger partial charge in [-0.1, -0.05) is 12.7 Å². The van der Waals surface area contributed by atoms with Crippen LogP contribution in [0.1, 0.15) is 12.8 Å². The highest BCUT2D eigenvalue weighted by Crippen LogP contribution is 2.12. The van der Waals surface area contributed by atoms with E-state index in [0.29, 0.717) is 18.7 Å².